The van der Waals surface area contributed by atoms with Gasteiger partial charge in [0.2, 0.25) is 0 Å². The van der Waals surface area contributed by atoms with Crippen molar-refractivity contribution in [1.29, 1.82) is 0 Å². The van der Waals surface area contributed by atoms with Crippen LogP contribution in [0.4, 0.5) is 0 Å². The van der Waals surface area contributed by atoms with Crippen LogP contribution in [0.5, 0.6) is 0 Å². The highest BCUT2D eigenvalue weighted by molar-refractivity contribution is 5.94. The lowest BCUT2D eigenvalue weighted by atomic mass is 10.1. The quantitative estimate of drug-likeness (QED) is 0.448. The Balaban J connectivity index is 0.00000338. The van der Waals surface area contributed by atoms with Crippen LogP contribution in [0.25, 0.3) is 10.9 Å². The maximum absolute atomic E-state index is 12.9. The van der Waals surface area contributed by atoms with Gasteiger partial charge in [-0.2, -0.15) is 0 Å². The average molecular weight is 380 g/mol. The predicted octanol–water partition coefficient (Wildman–Crippen LogP) is 5.52. The normalized spacial score (nSPS) is 12.0. The molecule has 0 aliphatic heterocycles. The summed E-state index contributed by atoms with van der Waals surface area (Å²) in [6, 6.07) is 9.27. The molecule has 0 saturated heterocycles. The van der Waals surface area contributed by atoms with E-state index in [-0.39, 0.29) is 35.7 Å². The van der Waals surface area contributed by atoms with E-state index in [1.807, 2.05) is 45.0 Å². The van der Waals surface area contributed by atoms with Gasteiger partial charge in [0.15, 0.2) is 0 Å². The Bertz CT molecular complexity index is 782. The van der Waals surface area contributed by atoms with Gasteiger partial charge in [-0.25, -0.2) is 4.79 Å². The summed E-state index contributed by atoms with van der Waals surface area (Å²) in [5.41, 5.74) is 0.692. The van der Waals surface area contributed by atoms with Gasteiger partial charge in [-0.1, -0.05) is 44.9 Å². The van der Waals surface area contributed by atoms with Crippen LogP contribution in [0.3, 0.4) is 0 Å². The maximum atomic E-state index is 12.9. The first kappa shape index (κ1) is 22.2. The lowest BCUT2D eigenvalue weighted by Crippen LogP contribution is -2.30. The van der Waals surface area contributed by atoms with Crippen molar-refractivity contribution in [1.82, 2.24) is 4.57 Å². The molecule has 1 unspecified atom stereocenters. The summed E-state index contributed by atoms with van der Waals surface area (Å²) in [4.78, 5) is 25.5. The molecule has 0 saturated carbocycles. The number of unbranched alkanes of at least 4 members (excludes halogenated alkanes) is 2. The fourth-order valence-corrected chi connectivity index (χ4v) is 3.13. The van der Waals surface area contributed by atoms with Crippen LogP contribution in [-0.2, 0) is 4.74 Å². The van der Waals surface area contributed by atoms with Gasteiger partial charge < -0.3 is 9.30 Å². The topological polar surface area (TPSA) is 48.3 Å². The van der Waals surface area contributed by atoms with Crippen LogP contribution in [0.15, 0.2) is 35.1 Å². The van der Waals surface area contributed by atoms with Gasteiger partial charge in [-0.05, 0) is 50.6 Å². The molecule has 0 spiro atoms. The summed E-state index contributed by atoms with van der Waals surface area (Å²) in [6.07, 6.45) is 4.79. The van der Waals surface area contributed by atoms with E-state index in [4.69, 9.17) is 4.74 Å². The van der Waals surface area contributed by atoms with E-state index in [2.05, 4.69) is 6.92 Å². The van der Waals surface area contributed by atoms with Crippen molar-refractivity contribution in [2.75, 3.05) is 0 Å². The number of rotatable bonds is 8. The van der Waals surface area contributed by atoms with Crippen molar-refractivity contribution < 1.29 is 9.53 Å². The standard InChI is InChI=1S/C21H29NO3.ClH/c1-5-7-8-12-17(6-2)25-21(24)18-14-16-11-9-10-13-19(16)22(15(3)4)20(18)23;/h9-11,13-15,17H,5-8,12H2,1-4H3;1H. The number of carbonyl (C=O) groups excluding carboxylic acids is 1. The van der Waals surface area contributed by atoms with Gasteiger partial charge in [0, 0.05) is 6.04 Å². The van der Waals surface area contributed by atoms with E-state index in [1.165, 1.54) is 0 Å². The molecule has 0 aliphatic rings. The summed E-state index contributed by atoms with van der Waals surface area (Å²) < 4.78 is 7.32. The minimum Gasteiger partial charge on any atom is -0.459 e. The first-order valence-electron chi connectivity index (χ1n) is 9.34. The monoisotopic (exact) mass is 379 g/mol. The lowest BCUT2D eigenvalue weighted by molar-refractivity contribution is 0.0264. The smallest absolute Gasteiger partial charge is 0.344 e. The Hall–Kier alpha value is -1.81. The molecule has 0 bridgehead atoms. The number of para-hydroxylation sites is 1. The number of halogens is 1. The molecule has 1 heterocycles. The van der Waals surface area contributed by atoms with E-state index in [0.717, 1.165) is 43.0 Å². The Morgan fingerprint density at radius 2 is 1.85 bits per heavy atom. The predicted molar refractivity (Wildman–Crippen MR) is 109 cm³/mol. The molecule has 5 heteroatoms. The molecule has 0 radical (unpaired) electrons. The van der Waals surface area contributed by atoms with Crippen molar-refractivity contribution in [3.63, 3.8) is 0 Å². The van der Waals surface area contributed by atoms with Gasteiger partial charge in [0.1, 0.15) is 11.7 Å². The molecule has 4 nitrogen and oxygen atoms in total. The second-order valence-corrected chi connectivity index (χ2v) is 6.82. The Morgan fingerprint density at radius 1 is 1.15 bits per heavy atom. The summed E-state index contributed by atoms with van der Waals surface area (Å²) in [7, 11) is 0. The summed E-state index contributed by atoms with van der Waals surface area (Å²) in [5, 5.41) is 0.877. The first-order valence-corrected chi connectivity index (χ1v) is 9.34. The number of esters is 1. The summed E-state index contributed by atoms with van der Waals surface area (Å²) in [6.45, 7) is 8.05. The number of hydrogen-bond acceptors (Lipinski definition) is 3. The lowest BCUT2D eigenvalue weighted by Gasteiger charge is -2.18. The van der Waals surface area contributed by atoms with E-state index >= 15 is 0 Å². The fraction of sp³-hybridized carbons (Fsp3) is 0.524. The molecule has 2 rings (SSSR count). The van der Waals surface area contributed by atoms with Crippen LogP contribution in [0, 0.1) is 0 Å². The third kappa shape index (κ3) is 5.10. The highest BCUT2D eigenvalue weighted by atomic mass is 35.5. The Labute approximate surface area is 162 Å². The van der Waals surface area contributed by atoms with E-state index in [1.54, 1.807) is 10.6 Å². The second kappa shape index (κ2) is 10.4. The van der Waals surface area contributed by atoms with Crippen molar-refractivity contribution in [3.8, 4) is 0 Å². The SMILES string of the molecule is CCCCCC(CC)OC(=O)c1cc2ccccc2n(C(C)C)c1=O.Cl. The first-order chi connectivity index (χ1) is 12.0. The average Bonchev–Trinajstić information content (AvgIpc) is 2.59. The molecule has 1 atom stereocenters. The maximum Gasteiger partial charge on any atom is 0.344 e. The Morgan fingerprint density at radius 3 is 2.46 bits per heavy atom. The van der Waals surface area contributed by atoms with Crippen molar-refractivity contribution in [2.45, 2.75) is 71.9 Å². The van der Waals surface area contributed by atoms with Crippen LogP contribution in [0.1, 0.15) is 76.2 Å². The highest BCUT2D eigenvalue weighted by Gasteiger charge is 2.21. The molecular formula is C21H30ClNO3. The molecule has 0 aliphatic carbocycles. The van der Waals surface area contributed by atoms with Gasteiger partial charge in [-0.15, -0.1) is 12.4 Å². The minimum absolute atomic E-state index is 0. The van der Waals surface area contributed by atoms with E-state index in [9.17, 15) is 9.59 Å². The van der Waals surface area contributed by atoms with Crippen LogP contribution < -0.4 is 5.56 Å². The fourth-order valence-electron chi connectivity index (χ4n) is 3.13. The molecule has 0 N–H and O–H groups in total. The zero-order valence-corrected chi connectivity index (χ0v) is 17.0. The Kier molecular flexibility index (Phi) is 8.86. The molecule has 2 aromatic rings. The largest absolute Gasteiger partial charge is 0.459 e. The van der Waals surface area contributed by atoms with Crippen LogP contribution in [-0.4, -0.2) is 16.6 Å². The number of benzene rings is 1. The molecule has 1 aromatic carbocycles. The second-order valence-electron chi connectivity index (χ2n) is 6.82. The van der Waals surface area contributed by atoms with Gasteiger partial charge >= 0.3 is 5.97 Å². The zero-order chi connectivity index (χ0) is 18.4. The van der Waals surface area contributed by atoms with Gasteiger partial charge in [0.25, 0.3) is 5.56 Å². The molecule has 144 valence electrons. The highest BCUT2D eigenvalue weighted by Crippen LogP contribution is 2.19. The number of ether oxygens (including phenoxy) is 1. The number of nitrogens with zero attached hydrogens (tertiary/aromatic N) is 1. The zero-order valence-electron chi connectivity index (χ0n) is 16.2. The van der Waals surface area contributed by atoms with Gasteiger partial charge in [0.05, 0.1) is 5.52 Å². The molecule has 0 amide bonds. The number of hydrogen-bond donors (Lipinski definition) is 0. The third-order valence-corrected chi connectivity index (χ3v) is 4.54. The third-order valence-electron chi connectivity index (χ3n) is 4.54. The molecule has 1 aromatic heterocycles. The molecular weight excluding hydrogens is 350 g/mol. The van der Waals surface area contributed by atoms with Gasteiger partial charge in [-0.3, -0.25) is 4.79 Å². The van der Waals surface area contributed by atoms with Crippen molar-refractivity contribution >= 4 is 29.3 Å². The number of aromatic nitrogens is 1. The van der Waals surface area contributed by atoms with Crippen LogP contribution in [0.2, 0.25) is 0 Å². The number of fused-ring (bicyclic) bond motifs is 1. The minimum atomic E-state index is -0.506. The van der Waals surface area contributed by atoms with E-state index in [0.29, 0.717) is 0 Å². The molecule has 0 fully saturated rings. The summed E-state index contributed by atoms with van der Waals surface area (Å²) in [5.74, 6) is -0.506. The number of carbonyl (C=O) groups is 1. The van der Waals surface area contributed by atoms with E-state index < -0.39 is 5.97 Å². The summed E-state index contributed by atoms with van der Waals surface area (Å²) >= 11 is 0. The van der Waals surface area contributed by atoms with Crippen molar-refractivity contribution in [2.24, 2.45) is 0 Å². The number of pyridine rings is 1. The molecule has 26 heavy (non-hydrogen) atoms. The van der Waals surface area contributed by atoms with Crippen LogP contribution >= 0.6 is 12.4 Å². The van der Waals surface area contributed by atoms with Crippen molar-refractivity contribution in [3.05, 3.63) is 46.2 Å².